The first-order valence-corrected chi connectivity index (χ1v) is 26.1. The Hall–Kier alpha value is -1.59. The van der Waals surface area contributed by atoms with Crippen LogP contribution in [0.25, 0.3) is 0 Å². The molecule has 0 saturated carbocycles. The molecule has 0 aliphatic heterocycles. The van der Waals surface area contributed by atoms with Crippen molar-refractivity contribution >= 4 is 17.9 Å². The molecule has 0 N–H and O–H groups in total. The molecule has 350 valence electrons. The molecule has 6 heteroatoms. The predicted molar refractivity (Wildman–Crippen MR) is 252 cm³/mol. The summed E-state index contributed by atoms with van der Waals surface area (Å²) in [5, 5.41) is 0. The molecule has 1 unspecified atom stereocenters. The van der Waals surface area contributed by atoms with Gasteiger partial charge in [0.1, 0.15) is 13.2 Å². The highest BCUT2D eigenvalue weighted by Gasteiger charge is 2.19. The van der Waals surface area contributed by atoms with Gasteiger partial charge in [-0.25, -0.2) is 0 Å². The van der Waals surface area contributed by atoms with Gasteiger partial charge in [-0.15, -0.1) is 0 Å². The first kappa shape index (κ1) is 57.4. The molecule has 0 aromatic heterocycles. The van der Waals surface area contributed by atoms with Crippen molar-refractivity contribution < 1.29 is 28.6 Å². The lowest BCUT2D eigenvalue weighted by molar-refractivity contribution is -0.167. The Morgan fingerprint density at radius 2 is 0.593 bits per heavy atom. The lowest BCUT2D eigenvalue weighted by Gasteiger charge is -2.18. The Labute approximate surface area is 368 Å². The zero-order valence-electron chi connectivity index (χ0n) is 40.5. The van der Waals surface area contributed by atoms with Gasteiger partial charge in [0.15, 0.2) is 6.10 Å². The van der Waals surface area contributed by atoms with E-state index in [4.69, 9.17) is 14.2 Å². The first-order valence-electron chi connectivity index (χ1n) is 26.1. The van der Waals surface area contributed by atoms with E-state index >= 15 is 0 Å². The molecule has 0 aliphatic rings. The number of unbranched alkanes of at least 4 members (excludes halogenated alkanes) is 28. The van der Waals surface area contributed by atoms with Crippen molar-refractivity contribution in [1.82, 2.24) is 0 Å². The number of carbonyl (C=O) groups is 3. The van der Waals surface area contributed by atoms with E-state index in [0.717, 1.165) is 75.5 Å². The quantitative estimate of drug-likeness (QED) is 0.0345. The van der Waals surface area contributed by atoms with Crippen LogP contribution in [0.1, 0.15) is 286 Å². The van der Waals surface area contributed by atoms with Gasteiger partial charge in [0, 0.05) is 19.3 Å². The van der Waals surface area contributed by atoms with Crippen LogP contribution in [0.4, 0.5) is 0 Å². The second-order valence-electron chi connectivity index (χ2n) is 19.4. The molecule has 59 heavy (non-hydrogen) atoms. The molecule has 2 atom stereocenters. The van der Waals surface area contributed by atoms with Crippen molar-refractivity contribution in [2.45, 2.75) is 292 Å². The molecule has 0 amide bonds. The molecule has 0 aromatic carbocycles. The van der Waals surface area contributed by atoms with E-state index in [9.17, 15) is 14.4 Å². The molecule has 6 nitrogen and oxygen atoms in total. The van der Waals surface area contributed by atoms with Crippen molar-refractivity contribution in [3.8, 4) is 0 Å². The fourth-order valence-corrected chi connectivity index (χ4v) is 7.91. The summed E-state index contributed by atoms with van der Waals surface area (Å²) < 4.78 is 16.8. The van der Waals surface area contributed by atoms with Crippen LogP contribution in [0.15, 0.2) is 0 Å². The Morgan fingerprint density at radius 1 is 0.339 bits per heavy atom. The van der Waals surface area contributed by atoms with Crippen molar-refractivity contribution in [3.05, 3.63) is 0 Å². The SMILES string of the molecule is CCC(C)CCCCCCCCC(=O)O[C@@H](COC(=O)CCCCCCCCCCCCCCCCC(C)C)COC(=O)CCCCCCCCCCCCCC(C)C. The average molecular weight is 835 g/mol. The van der Waals surface area contributed by atoms with Gasteiger partial charge in [-0.2, -0.15) is 0 Å². The summed E-state index contributed by atoms with van der Waals surface area (Å²) in [6.07, 6.45) is 43.8. The van der Waals surface area contributed by atoms with Gasteiger partial charge >= 0.3 is 17.9 Å². The van der Waals surface area contributed by atoms with Crippen molar-refractivity contribution in [3.63, 3.8) is 0 Å². The summed E-state index contributed by atoms with van der Waals surface area (Å²) in [7, 11) is 0. The molecular weight excluding hydrogens is 733 g/mol. The molecular formula is C53H102O6. The lowest BCUT2D eigenvalue weighted by atomic mass is 10.00. The zero-order valence-corrected chi connectivity index (χ0v) is 40.5. The van der Waals surface area contributed by atoms with E-state index in [2.05, 4.69) is 41.5 Å². The van der Waals surface area contributed by atoms with Crippen LogP contribution in [0.3, 0.4) is 0 Å². The van der Waals surface area contributed by atoms with Crippen molar-refractivity contribution in [1.29, 1.82) is 0 Å². The third-order valence-electron chi connectivity index (χ3n) is 12.3. The van der Waals surface area contributed by atoms with Gasteiger partial charge < -0.3 is 14.2 Å². The van der Waals surface area contributed by atoms with Gasteiger partial charge in [0.2, 0.25) is 0 Å². The van der Waals surface area contributed by atoms with Gasteiger partial charge in [0.25, 0.3) is 0 Å². The van der Waals surface area contributed by atoms with E-state index in [1.165, 1.54) is 167 Å². The molecule has 0 bridgehead atoms. The highest BCUT2D eigenvalue weighted by Crippen LogP contribution is 2.18. The molecule has 0 heterocycles. The normalized spacial score (nSPS) is 12.6. The third kappa shape index (κ3) is 45.8. The van der Waals surface area contributed by atoms with Crippen LogP contribution in [0, 0.1) is 17.8 Å². The number of hydrogen-bond donors (Lipinski definition) is 0. The fourth-order valence-electron chi connectivity index (χ4n) is 7.91. The van der Waals surface area contributed by atoms with Crippen LogP contribution in [0.5, 0.6) is 0 Å². The van der Waals surface area contributed by atoms with Gasteiger partial charge in [-0.3, -0.25) is 14.4 Å². The molecule has 0 rings (SSSR count). The maximum absolute atomic E-state index is 12.7. The summed E-state index contributed by atoms with van der Waals surface area (Å²) in [6, 6.07) is 0. The monoisotopic (exact) mass is 835 g/mol. The molecule has 0 radical (unpaired) electrons. The Morgan fingerprint density at radius 3 is 0.881 bits per heavy atom. The fraction of sp³-hybridized carbons (Fsp3) is 0.943. The van der Waals surface area contributed by atoms with Gasteiger partial charge in [0.05, 0.1) is 0 Å². The predicted octanol–water partition coefficient (Wildman–Crippen LogP) is 16.8. The third-order valence-corrected chi connectivity index (χ3v) is 12.3. The lowest BCUT2D eigenvalue weighted by Crippen LogP contribution is -2.30. The van der Waals surface area contributed by atoms with Crippen molar-refractivity contribution in [2.24, 2.45) is 17.8 Å². The molecule has 0 aliphatic carbocycles. The first-order chi connectivity index (χ1) is 28.6. The Bertz CT molecular complexity index is 916. The van der Waals surface area contributed by atoms with Crippen LogP contribution in [0.2, 0.25) is 0 Å². The topological polar surface area (TPSA) is 78.9 Å². The minimum Gasteiger partial charge on any atom is -0.462 e. The second-order valence-corrected chi connectivity index (χ2v) is 19.4. The summed E-state index contributed by atoms with van der Waals surface area (Å²) in [5.74, 6) is 1.63. The smallest absolute Gasteiger partial charge is 0.306 e. The van der Waals surface area contributed by atoms with Crippen LogP contribution in [-0.2, 0) is 28.6 Å². The number of ether oxygens (including phenoxy) is 3. The van der Waals surface area contributed by atoms with E-state index in [0.29, 0.717) is 19.3 Å². The summed E-state index contributed by atoms with van der Waals surface area (Å²) in [4.78, 5) is 37.9. The van der Waals surface area contributed by atoms with Crippen LogP contribution < -0.4 is 0 Å². The van der Waals surface area contributed by atoms with Crippen molar-refractivity contribution in [2.75, 3.05) is 13.2 Å². The van der Waals surface area contributed by atoms with Crippen LogP contribution in [-0.4, -0.2) is 37.2 Å². The number of carbonyl (C=O) groups excluding carboxylic acids is 3. The largest absolute Gasteiger partial charge is 0.462 e. The minimum atomic E-state index is -0.763. The van der Waals surface area contributed by atoms with Crippen LogP contribution >= 0.6 is 0 Å². The maximum atomic E-state index is 12.7. The summed E-state index contributed by atoms with van der Waals surface area (Å²) >= 11 is 0. The van der Waals surface area contributed by atoms with E-state index in [1.807, 2.05) is 0 Å². The molecule has 0 fully saturated rings. The molecule has 0 saturated heterocycles. The number of rotatable bonds is 46. The molecule has 0 spiro atoms. The van der Waals surface area contributed by atoms with E-state index in [-0.39, 0.29) is 31.1 Å². The van der Waals surface area contributed by atoms with E-state index in [1.54, 1.807) is 0 Å². The Balaban J connectivity index is 4.27. The minimum absolute atomic E-state index is 0.0654. The maximum Gasteiger partial charge on any atom is 0.306 e. The summed E-state index contributed by atoms with van der Waals surface area (Å²) in [6.45, 7) is 13.7. The zero-order chi connectivity index (χ0) is 43.4. The average Bonchev–Trinajstić information content (AvgIpc) is 3.20. The number of esters is 3. The molecule has 0 aromatic rings. The van der Waals surface area contributed by atoms with Gasteiger partial charge in [-0.1, -0.05) is 247 Å². The second kappa shape index (κ2) is 44.5. The highest BCUT2D eigenvalue weighted by molar-refractivity contribution is 5.71. The van der Waals surface area contributed by atoms with Gasteiger partial charge in [-0.05, 0) is 37.0 Å². The highest BCUT2D eigenvalue weighted by atomic mass is 16.6. The number of hydrogen-bond acceptors (Lipinski definition) is 6. The standard InChI is InChI=1S/C53H102O6/c1-7-49(6)41-35-29-25-26-32-38-44-53(56)59-50(46-58-52(55)43-37-31-24-20-16-12-14-18-22-28-34-40-48(4)5)45-57-51(54)42-36-30-23-19-15-11-9-8-10-13-17-21-27-33-39-47(2)3/h47-50H,7-46H2,1-6H3/t49?,50-/m0/s1. The summed E-state index contributed by atoms with van der Waals surface area (Å²) in [5.41, 5.74) is 0. The Kier molecular flexibility index (Phi) is 43.3. The van der Waals surface area contributed by atoms with E-state index < -0.39 is 6.10 Å².